The normalized spacial score (nSPS) is 35.2. The van der Waals surface area contributed by atoms with E-state index in [2.05, 4.69) is 30.3 Å². The molecule has 0 radical (unpaired) electrons. The van der Waals surface area contributed by atoms with Crippen LogP contribution in [0.3, 0.4) is 0 Å². The molecule has 1 aromatic rings. The molecule has 16 heavy (non-hydrogen) atoms. The lowest BCUT2D eigenvalue weighted by molar-refractivity contribution is 0.587. The average Bonchev–Trinajstić information content (AvgIpc) is 3.03. The molecule has 3 atom stereocenters. The summed E-state index contributed by atoms with van der Waals surface area (Å²) in [6.45, 7) is 0. The molecule has 3 aliphatic carbocycles. The maximum Gasteiger partial charge on any atom is 0.00569 e. The summed E-state index contributed by atoms with van der Waals surface area (Å²) in [5, 5.41) is 0. The highest BCUT2D eigenvalue weighted by Crippen LogP contribution is 2.51. The largest absolute Gasteiger partial charge is 0.0813 e. The molecule has 0 aromatic heterocycles. The van der Waals surface area contributed by atoms with Crippen molar-refractivity contribution in [2.75, 3.05) is 0 Å². The van der Waals surface area contributed by atoms with E-state index in [-0.39, 0.29) is 0 Å². The van der Waals surface area contributed by atoms with E-state index in [1.54, 1.807) is 16.7 Å². The zero-order chi connectivity index (χ0) is 10.5. The molecule has 0 aliphatic heterocycles. The zero-order valence-electron chi connectivity index (χ0n) is 9.65. The number of benzene rings is 1. The van der Waals surface area contributed by atoms with Gasteiger partial charge in [0.15, 0.2) is 0 Å². The first-order chi connectivity index (χ1) is 7.92. The monoisotopic (exact) mass is 210 g/mol. The van der Waals surface area contributed by atoms with E-state index in [9.17, 15) is 0 Å². The predicted molar refractivity (Wildman–Crippen MR) is 66.4 cm³/mol. The smallest absolute Gasteiger partial charge is 0.00569 e. The first-order valence-corrected chi connectivity index (χ1v) is 6.71. The van der Waals surface area contributed by atoms with E-state index in [0.717, 1.165) is 17.8 Å². The van der Waals surface area contributed by atoms with Gasteiger partial charge in [0.2, 0.25) is 0 Å². The molecule has 3 aliphatic rings. The number of aryl methyl sites for hydroxylation is 1. The lowest BCUT2D eigenvalue weighted by atomic mass is 9.84. The van der Waals surface area contributed by atoms with Gasteiger partial charge in [-0.3, -0.25) is 0 Å². The van der Waals surface area contributed by atoms with E-state index in [4.69, 9.17) is 0 Å². The Morgan fingerprint density at radius 2 is 1.94 bits per heavy atom. The summed E-state index contributed by atoms with van der Waals surface area (Å²) in [7, 11) is 0. The highest BCUT2D eigenvalue weighted by molar-refractivity contribution is 5.42. The fraction of sp³-hybridized carbons (Fsp3) is 0.500. The Labute approximate surface area is 97.4 Å². The number of hydrogen-bond donors (Lipinski definition) is 0. The van der Waals surface area contributed by atoms with E-state index >= 15 is 0 Å². The van der Waals surface area contributed by atoms with Gasteiger partial charge in [0.05, 0.1) is 0 Å². The molecule has 0 spiro atoms. The molecule has 0 saturated heterocycles. The highest BCUT2D eigenvalue weighted by atomic mass is 14.4. The summed E-state index contributed by atoms with van der Waals surface area (Å²) in [6.07, 6.45) is 9.69. The van der Waals surface area contributed by atoms with Crippen LogP contribution in [0.1, 0.15) is 42.7 Å². The second-order valence-electron chi connectivity index (χ2n) is 5.73. The van der Waals surface area contributed by atoms with Crippen LogP contribution in [0.2, 0.25) is 0 Å². The molecule has 0 N–H and O–H groups in total. The van der Waals surface area contributed by atoms with E-state index in [0.29, 0.717) is 0 Å². The number of rotatable bonds is 1. The Morgan fingerprint density at radius 1 is 1.00 bits per heavy atom. The van der Waals surface area contributed by atoms with Crippen LogP contribution in [0.15, 0.2) is 35.9 Å². The Hall–Kier alpha value is -1.04. The summed E-state index contributed by atoms with van der Waals surface area (Å²) in [5.41, 5.74) is 5.05. The minimum absolute atomic E-state index is 0.784. The maximum atomic E-state index is 2.63. The van der Waals surface area contributed by atoms with Crippen molar-refractivity contribution in [3.05, 3.63) is 47.0 Å². The summed E-state index contributed by atoms with van der Waals surface area (Å²) in [5.74, 6) is 2.67. The summed E-state index contributed by atoms with van der Waals surface area (Å²) < 4.78 is 0. The van der Waals surface area contributed by atoms with Crippen molar-refractivity contribution in [2.24, 2.45) is 11.8 Å². The highest BCUT2D eigenvalue weighted by Gasteiger charge is 2.38. The molecule has 0 amide bonds. The Morgan fingerprint density at radius 3 is 2.75 bits per heavy atom. The third-order valence-corrected chi connectivity index (χ3v) is 4.91. The van der Waals surface area contributed by atoms with Gasteiger partial charge in [-0.1, -0.05) is 35.9 Å². The lowest BCUT2D eigenvalue weighted by Crippen LogP contribution is -2.06. The van der Waals surface area contributed by atoms with Crippen molar-refractivity contribution in [3.63, 3.8) is 0 Å². The van der Waals surface area contributed by atoms with Crippen LogP contribution in [0, 0.1) is 11.8 Å². The molecule has 1 saturated carbocycles. The van der Waals surface area contributed by atoms with Gasteiger partial charge in [-0.25, -0.2) is 0 Å². The topological polar surface area (TPSA) is 0 Å². The minimum atomic E-state index is 0.784. The lowest BCUT2D eigenvalue weighted by Gasteiger charge is -2.20. The average molecular weight is 210 g/mol. The Bertz CT molecular complexity index is 455. The quantitative estimate of drug-likeness (QED) is 0.613. The second-order valence-corrected chi connectivity index (χ2v) is 5.73. The third kappa shape index (κ3) is 1.16. The van der Waals surface area contributed by atoms with Gasteiger partial charge in [-0.2, -0.15) is 0 Å². The van der Waals surface area contributed by atoms with Crippen molar-refractivity contribution in [3.8, 4) is 0 Å². The third-order valence-electron chi connectivity index (χ3n) is 4.91. The standard InChI is InChI=1S/C16H18/c1-2-4-14-12(3-1)7-8-15(14)16-10-11-5-6-13(16)9-11/h1-4,10-11,13,15H,5-9H2. The van der Waals surface area contributed by atoms with Gasteiger partial charge in [-0.05, 0) is 55.1 Å². The van der Waals surface area contributed by atoms with Crippen molar-refractivity contribution < 1.29 is 0 Å². The zero-order valence-corrected chi connectivity index (χ0v) is 9.65. The van der Waals surface area contributed by atoms with E-state index in [1.165, 1.54) is 32.1 Å². The molecular weight excluding hydrogens is 192 g/mol. The Kier molecular flexibility index (Phi) is 1.82. The van der Waals surface area contributed by atoms with Crippen LogP contribution < -0.4 is 0 Å². The molecule has 1 fully saturated rings. The summed E-state index contributed by atoms with van der Waals surface area (Å²) >= 11 is 0. The van der Waals surface area contributed by atoms with Gasteiger partial charge in [-0.15, -0.1) is 0 Å². The van der Waals surface area contributed by atoms with Gasteiger partial charge in [0.25, 0.3) is 0 Å². The van der Waals surface area contributed by atoms with Crippen molar-refractivity contribution in [1.29, 1.82) is 0 Å². The fourth-order valence-electron chi connectivity index (χ4n) is 4.18. The van der Waals surface area contributed by atoms with Crippen LogP contribution in [-0.2, 0) is 6.42 Å². The molecule has 0 nitrogen and oxygen atoms in total. The molecule has 1 aromatic carbocycles. The molecule has 2 bridgehead atoms. The van der Waals surface area contributed by atoms with E-state index < -0.39 is 0 Å². The maximum absolute atomic E-state index is 2.63. The molecule has 0 heteroatoms. The Balaban J connectivity index is 1.74. The van der Waals surface area contributed by atoms with E-state index in [1.807, 2.05) is 0 Å². The number of fused-ring (bicyclic) bond motifs is 3. The number of allylic oxidation sites excluding steroid dienone is 2. The minimum Gasteiger partial charge on any atom is -0.0813 e. The van der Waals surface area contributed by atoms with Crippen molar-refractivity contribution in [2.45, 2.75) is 38.0 Å². The van der Waals surface area contributed by atoms with Crippen LogP contribution >= 0.6 is 0 Å². The molecular formula is C16H18. The van der Waals surface area contributed by atoms with Crippen LogP contribution in [0.4, 0.5) is 0 Å². The summed E-state index contributed by atoms with van der Waals surface area (Å²) in [6, 6.07) is 9.09. The first-order valence-electron chi connectivity index (χ1n) is 6.71. The van der Waals surface area contributed by atoms with Gasteiger partial charge in [0.1, 0.15) is 0 Å². The SMILES string of the molecule is C1=C(C2CCc3ccccc32)C2CCC1C2. The van der Waals surface area contributed by atoms with Crippen molar-refractivity contribution in [1.82, 2.24) is 0 Å². The molecule has 4 rings (SSSR count). The second kappa shape index (κ2) is 3.23. The molecule has 82 valence electrons. The van der Waals surface area contributed by atoms with Crippen molar-refractivity contribution >= 4 is 0 Å². The molecule has 0 heterocycles. The van der Waals surface area contributed by atoms with Gasteiger partial charge < -0.3 is 0 Å². The van der Waals surface area contributed by atoms with Gasteiger partial charge in [0, 0.05) is 5.92 Å². The first kappa shape index (κ1) is 9.04. The van der Waals surface area contributed by atoms with Crippen LogP contribution in [-0.4, -0.2) is 0 Å². The summed E-state index contributed by atoms with van der Waals surface area (Å²) in [4.78, 5) is 0. The molecule has 3 unspecified atom stereocenters. The number of hydrogen-bond acceptors (Lipinski definition) is 0. The van der Waals surface area contributed by atoms with Gasteiger partial charge >= 0.3 is 0 Å². The van der Waals surface area contributed by atoms with Crippen LogP contribution in [0.5, 0.6) is 0 Å². The fourth-order valence-corrected chi connectivity index (χ4v) is 4.18. The predicted octanol–water partition coefficient (Wildman–Crippen LogP) is 4.07. The van der Waals surface area contributed by atoms with Crippen LogP contribution in [0.25, 0.3) is 0 Å².